The van der Waals surface area contributed by atoms with Crippen LogP contribution < -0.4 is 5.43 Å². The van der Waals surface area contributed by atoms with E-state index in [0.29, 0.717) is 0 Å². The van der Waals surface area contributed by atoms with Crippen LogP contribution in [0.4, 0.5) is 17.4 Å². The monoisotopic (exact) mass is 383 g/mol. The standard InChI is InChI=1S/C16H7BClF4NO3/c18-12-6-14-10(5-13(12)20)15(24)11(16(25)26-17(21)22)7-23(14)9-3-1-8(19)2-4-9/h1-7H. The van der Waals surface area contributed by atoms with Gasteiger partial charge in [0.15, 0.2) is 0 Å². The molecule has 132 valence electrons. The van der Waals surface area contributed by atoms with E-state index in [-0.39, 0.29) is 21.6 Å². The Kier molecular flexibility index (Phi) is 4.73. The third-order valence-electron chi connectivity index (χ3n) is 3.57. The summed E-state index contributed by atoms with van der Waals surface area (Å²) in [6.45, 7) is 0. The quantitative estimate of drug-likeness (QED) is 0.507. The molecule has 2 aromatic carbocycles. The molecule has 0 radical (unpaired) electrons. The van der Waals surface area contributed by atoms with Crippen LogP contribution in [0.2, 0.25) is 5.02 Å². The summed E-state index contributed by atoms with van der Waals surface area (Å²) in [5, 5.41) is -0.574. The second-order valence-corrected chi connectivity index (χ2v) is 5.57. The van der Waals surface area contributed by atoms with Crippen LogP contribution in [0.1, 0.15) is 10.4 Å². The maximum Gasteiger partial charge on any atom is 0.798 e. The fourth-order valence-electron chi connectivity index (χ4n) is 2.42. The largest absolute Gasteiger partial charge is 0.798 e. The van der Waals surface area contributed by atoms with E-state index in [9.17, 15) is 27.0 Å². The number of fused-ring (bicyclic) bond motifs is 1. The lowest BCUT2D eigenvalue weighted by molar-refractivity contribution is 0.0693. The van der Waals surface area contributed by atoms with Crippen LogP contribution >= 0.6 is 11.6 Å². The minimum absolute atomic E-state index is 0.0987. The molecule has 3 rings (SSSR count). The Hall–Kier alpha value is -2.81. The average Bonchev–Trinajstić information content (AvgIpc) is 2.57. The van der Waals surface area contributed by atoms with Crippen molar-refractivity contribution in [2.24, 2.45) is 0 Å². The summed E-state index contributed by atoms with van der Waals surface area (Å²) in [6.07, 6.45) is 0.955. The third-order valence-corrected chi connectivity index (χ3v) is 3.86. The maximum atomic E-state index is 13.8. The molecule has 4 nitrogen and oxygen atoms in total. The summed E-state index contributed by atoms with van der Waals surface area (Å²) < 4.78 is 56.6. The zero-order chi connectivity index (χ0) is 19.0. The van der Waals surface area contributed by atoms with Crippen molar-refractivity contribution < 1.29 is 26.9 Å². The minimum atomic E-state index is -3.43. The Labute approximate surface area is 148 Å². The minimum Gasteiger partial charge on any atom is -0.474 e. The van der Waals surface area contributed by atoms with E-state index in [0.717, 1.165) is 30.5 Å². The van der Waals surface area contributed by atoms with Gasteiger partial charge in [0.2, 0.25) is 5.43 Å². The normalized spacial score (nSPS) is 10.8. The summed E-state index contributed by atoms with van der Waals surface area (Å²) in [6, 6.07) is 6.79. The molecule has 0 unspecified atom stereocenters. The number of benzene rings is 2. The van der Waals surface area contributed by atoms with Gasteiger partial charge in [0.1, 0.15) is 17.2 Å². The third kappa shape index (κ3) is 3.30. The number of nitrogens with zero attached hydrogens (tertiary/aromatic N) is 1. The highest BCUT2D eigenvalue weighted by molar-refractivity contribution is 6.38. The molecule has 10 heteroatoms. The summed E-state index contributed by atoms with van der Waals surface area (Å²) >= 11 is 5.75. The Morgan fingerprint density at radius 3 is 2.38 bits per heavy atom. The molecular weight excluding hydrogens is 376 g/mol. The van der Waals surface area contributed by atoms with Gasteiger partial charge in [-0.15, -0.1) is 0 Å². The molecule has 0 aliphatic carbocycles. The van der Waals surface area contributed by atoms with Crippen molar-refractivity contribution in [1.29, 1.82) is 0 Å². The van der Waals surface area contributed by atoms with Crippen LogP contribution in [-0.2, 0) is 4.65 Å². The van der Waals surface area contributed by atoms with E-state index in [1.165, 1.54) is 16.7 Å². The Bertz CT molecular complexity index is 1070. The number of pyridine rings is 1. The number of carbonyl (C=O) groups excluding carboxylic acids is 1. The zero-order valence-corrected chi connectivity index (χ0v) is 13.4. The molecule has 0 spiro atoms. The molecule has 0 fully saturated rings. The molecule has 0 aliphatic heterocycles. The lowest BCUT2D eigenvalue weighted by Gasteiger charge is -2.14. The van der Waals surface area contributed by atoms with Crippen molar-refractivity contribution in [1.82, 2.24) is 4.57 Å². The van der Waals surface area contributed by atoms with Gasteiger partial charge in [-0.05, 0) is 36.4 Å². The lowest BCUT2D eigenvalue weighted by Crippen LogP contribution is -2.23. The number of hydrogen-bond acceptors (Lipinski definition) is 3. The van der Waals surface area contributed by atoms with E-state index >= 15 is 0 Å². The fourth-order valence-corrected chi connectivity index (χ4v) is 2.58. The zero-order valence-electron chi connectivity index (χ0n) is 12.7. The summed E-state index contributed by atoms with van der Waals surface area (Å²) in [5.41, 5.74) is -1.35. The van der Waals surface area contributed by atoms with Gasteiger partial charge in [-0.1, -0.05) is 11.6 Å². The molecule has 0 saturated heterocycles. The predicted octanol–water partition coefficient (Wildman–Crippen LogP) is 4.00. The fraction of sp³-hybridized carbons (Fsp3) is 0. The van der Waals surface area contributed by atoms with Gasteiger partial charge in [-0.2, -0.15) is 0 Å². The van der Waals surface area contributed by atoms with Crippen molar-refractivity contribution >= 4 is 35.9 Å². The van der Waals surface area contributed by atoms with Crippen molar-refractivity contribution in [3.63, 3.8) is 0 Å². The summed E-state index contributed by atoms with van der Waals surface area (Å²) in [5.74, 6) is -3.04. The Balaban J connectivity index is 2.35. The molecular formula is C16H7BClF4NO3. The van der Waals surface area contributed by atoms with E-state index in [1.54, 1.807) is 0 Å². The average molecular weight is 383 g/mol. The number of halogens is 5. The van der Waals surface area contributed by atoms with E-state index in [4.69, 9.17) is 11.6 Å². The molecule has 1 aromatic heterocycles. The van der Waals surface area contributed by atoms with Crippen LogP contribution in [0.15, 0.2) is 47.4 Å². The SMILES string of the molecule is O=C(OB(F)F)c1cn(-c2ccc(F)cc2)c2cc(Cl)c(F)cc2c1=O. The van der Waals surface area contributed by atoms with Gasteiger partial charge in [0, 0.05) is 17.3 Å². The Morgan fingerprint density at radius 2 is 1.77 bits per heavy atom. The van der Waals surface area contributed by atoms with Crippen molar-refractivity contribution in [2.45, 2.75) is 0 Å². The number of rotatable bonds is 3. The summed E-state index contributed by atoms with van der Waals surface area (Å²) in [4.78, 5) is 24.2. The smallest absolute Gasteiger partial charge is 0.474 e. The second-order valence-electron chi connectivity index (χ2n) is 5.17. The van der Waals surface area contributed by atoms with Gasteiger partial charge in [0.05, 0.1) is 10.5 Å². The van der Waals surface area contributed by atoms with Crippen molar-refractivity contribution in [3.05, 3.63) is 75.0 Å². The molecule has 26 heavy (non-hydrogen) atoms. The molecule has 0 aliphatic rings. The number of hydrogen-bond donors (Lipinski definition) is 0. The molecule has 3 aromatic rings. The van der Waals surface area contributed by atoms with Crippen molar-refractivity contribution in [2.75, 3.05) is 0 Å². The van der Waals surface area contributed by atoms with Gasteiger partial charge >= 0.3 is 13.4 Å². The van der Waals surface area contributed by atoms with Gasteiger partial charge in [-0.3, -0.25) is 4.79 Å². The summed E-state index contributed by atoms with van der Waals surface area (Å²) in [7, 11) is -3.43. The van der Waals surface area contributed by atoms with Gasteiger partial charge in [-0.25, -0.2) is 22.2 Å². The second kappa shape index (κ2) is 6.83. The van der Waals surface area contributed by atoms with Crippen LogP contribution in [0.5, 0.6) is 0 Å². The Morgan fingerprint density at radius 1 is 1.12 bits per heavy atom. The van der Waals surface area contributed by atoms with Crippen LogP contribution in [0.3, 0.4) is 0 Å². The first-order valence-corrected chi connectivity index (χ1v) is 7.45. The topological polar surface area (TPSA) is 48.3 Å². The number of aromatic nitrogens is 1. The molecule has 0 bridgehead atoms. The maximum absolute atomic E-state index is 13.8. The van der Waals surface area contributed by atoms with Gasteiger partial charge in [0.25, 0.3) is 0 Å². The van der Waals surface area contributed by atoms with Crippen LogP contribution in [-0.4, -0.2) is 18.0 Å². The first-order chi connectivity index (χ1) is 12.3. The molecule has 0 atom stereocenters. The predicted molar refractivity (Wildman–Crippen MR) is 87.9 cm³/mol. The van der Waals surface area contributed by atoms with Crippen molar-refractivity contribution in [3.8, 4) is 5.69 Å². The van der Waals surface area contributed by atoms with E-state index in [1.807, 2.05) is 0 Å². The van der Waals surface area contributed by atoms with Crippen LogP contribution in [0, 0.1) is 11.6 Å². The molecule has 0 amide bonds. The molecule has 0 N–H and O–H groups in total. The molecule has 1 heterocycles. The van der Waals surface area contributed by atoms with E-state index < -0.39 is 36.1 Å². The lowest BCUT2D eigenvalue weighted by atomic mass is 10.1. The van der Waals surface area contributed by atoms with Crippen LogP contribution in [0.25, 0.3) is 16.6 Å². The first kappa shape index (κ1) is 18.0. The highest BCUT2D eigenvalue weighted by Crippen LogP contribution is 2.24. The highest BCUT2D eigenvalue weighted by atomic mass is 35.5. The highest BCUT2D eigenvalue weighted by Gasteiger charge is 2.26. The first-order valence-electron chi connectivity index (χ1n) is 7.07. The number of carbonyl (C=O) groups is 1. The molecule has 0 saturated carbocycles. The van der Waals surface area contributed by atoms with E-state index in [2.05, 4.69) is 4.65 Å². The van der Waals surface area contributed by atoms with Gasteiger partial charge < -0.3 is 9.22 Å².